The van der Waals surface area contributed by atoms with E-state index in [4.69, 9.17) is 4.42 Å². The minimum absolute atomic E-state index is 0.148. The first-order valence-corrected chi connectivity index (χ1v) is 6.04. The third-order valence-electron chi connectivity index (χ3n) is 3.12. The molecular formula is C15H16FNO2. The lowest BCUT2D eigenvalue weighted by Gasteiger charge is -2.22. The largest absolute Gasteiger partial charge is 0.469 e. The Balaban J connectivity index is 2.36. The maximum absolute atomic E-state index is 14.0. The zero-order valence-electron chi connectivity index (χ0n) is 11.2. The smallest absolute Gasteiger partial charge is 0.161 e. The Morgan fingerprint density at radius 1 is 1.37 bits per heavy atom. The minimum Gasteiger partial charge on any atom is -0.469 e. The minimum atomic E-state index is -0.392. The molecule has 0 saturated heterocycles. The van der Waals surface area contributed by atoms with Crippen molar-refractivity contribution in [2.45, 2.75) is 20.4 Å². The van der Waals surface area contributed by atoms with Gasteiger partial charge in [0, 0.05) is 24.7 Å². The standard InChI is InChI=1S/C15H16FNO2/c1-10(18)13-5-4-6-14(16)15(13)17(3)9-12-7-8-19-11(12)2/h4-8H,9H2,1-3H3. The second-order valence-electron chi connectivity index (χ2n) is 4.55. The fourth-order valence-electron chi connectivity index (χ4n) is 2.10. The van der Waals surface area contributed by atoms with Crippen molar-refractivity contribution >= 4 is 11.5 Å². The lowest BCUT2D eigenvalue weighted by atomic mass is 10.1. The van der Waals surface area contributed by atoms with E-state index in [1.165, 1.54) is 13.0 Å². The van der Waals surface area contributed by atoms with Gasteiger partial charge in [0.1, 0.15) is 11.6 Å². The molecule has 100 valence electrons. The molecule has 1 heterocycles. The van der Waals surface area contributed by atoms with Gasteiger partial charge in [-0.1, -0.05) is 6.07 Å². The summed E-state index contributed by atoms with van der Waals surface area (Å²) in [6, 6.07) is 6.40. The molecule has 0 amide bonds. The van der Waals surface area contributed by atoms with Crippen molar-refractivity contribution in [3.05, 3.63) is 53.2 Å². The average molecular weight is 261 g/mol. The van der Waals surface area contributed by atoms with E-state index in [-0.39, 0.29) is 5.78 Å². The zero-order chi connectivity index (χ0) is 14.0. The van der Waals surface area contributed by atoms with Crippen LogP contribution in [0.3, 0.4) is 0 Å². The van der Waals surface area contributed by atoms with Crippen molar-refractivity contribution in [3.8, 4) is 0 Å². The van der Waals surface area contributed by atoms with E-state index in [0.717, 1.165) is 11.3 Å². The van der Waals surface area contributed by atoms with Gasteiger partial charge in [-0.15, -0.1) is 0 Å². The van der Waals surface area contributed by atoms with E-state index in [9.17, 15) is 9.18 Å². The number of carbonyl (C=O) groups is 1. The second-order valence-corrected chi connectivity index (χ2v) is 4.55. The Kier molecular flexibility index (Phi) is 3.69. The fourth-order valence-corrected chi connectivity index (χ4v) is 2.10. The molecule has 2 rings (SSSR count). The molecule has 0 aliphatic carbocycles. The molecule has 19 heavy (non-hydrogen) atoms. The predicted octanol–water partition coefficient (Wildman–Crippen LogP) is 3.57. The van der Waals surface area contributed by atoms with Crippen LogP contribution in [0.5, 0.6) is 0 Å². The number of anilines is 1. The van der Waals surface area contributed by atoms with Crippen LogP contribution in [0.4, 0.5) is 10.1 Å². The van der Waals surface area contributed by atoms with Gasteiger partial charge < -0.3 is 9.32 Å². The van der Waals surface area contributed by atoms with Crippen LogP contribution in [0.15, 0.2) is 34.9 Å². The highest BCUT2D eigenvalue weighted by molar-refractivity contribution is 5.99. The topological polar surface area (TPSA) is 33.5 Å². The fraction of sp³-hybridized carbons (Fsp3) is 0.267. The third-order valence-corrected chi connectivity index (χ3v) is 3.12. The maximum atomic E-state index is 14.0. The highest BCUT2D eigenvalue weighted by Gasteiger charge is 2.17. The summed E-state index contributed by atoms with van der Waals surface area (Å²) in [6.07, 6.45) is 1.60. The van der Waals surface area contributed by atoms with Crippen LogP contribution in [0.2, 0.25) is 0 Å². The van der Waals surface area contributed by atoms with Gasteiger partial charge in [-0.25, -0.2) is 4.39 Å². The van der Waals surface area contributed by atoms with Gasteiger partial charge in [-0.05, 0) is 32.0 Å². The first-order chi connectivity index (χ1) is 9.00. The number of aryl methyl sites for hydroxylation is 1. The van der Waals surface area contributed by atoms with Crippen molar-refractivity contribution in [1.29, 1.82) is 0 Å². The van der Waals surface area contributed by atoms with Gasteiger partial charge >= 0.3 is 0 Å². The monoisotopic (exact) mass is 261 g/mol. The van der Waals surface area contributed by atoms with Crippen LogP contribution in [-0.2, 0) is 6.54 Å². The molecule has 2 aromatic rings. The van der Waals surface area contributed by atoms with Crippen molar-refractivity contribution in [2.24, 2.45) is 0 Å². The summed E-state index contributed by atoms with van der Waals surface area (Å²) in [7, 11) is 1.76. The highest BCUT2D eigenvalue weighted by atomic mass is 19.1. The van der Waals surface area contributed by atoms with Gasteiger partial charge in [-0.3, -0.25) is 4.79 Å². The molecule has 0 saturated carbocycles. The lowest BCUT2D eigenvalue weighted by molar-refractivity contribution is 0.101. The molecule has 0 aliphatic rings. The van der Waals surface area contributed by atoms with Gasteiger partial charge in [-0.2, -0.15) is 0 Å². The van der Waals surface area contributed by atoms with E-state index in [1.807, 2.05) is 13.0 Å². The lowest BCUT2D eigenvalue weighted by Crippen LogP contribution is -2.20. The molecular weight excluding hydrogens is 245 g/mol. The summed E-state index contributed by atoms with van der Waals surface area (Å²) in [6.45, 7) is 3.79. The first-order valence-electron chi connectivity index (χ1n) is 6.04. The number of halogens is 1. The van der Waals surface area contributed by atoms with E-state index >= 15 is 0 Å². The van der Waals surface area contributed by atoms with Gasteiger partial charge in [0.2, 0.25) is 0 Å². The molecule has 1 aromatic carbocycles. The van der Waals surface area contributed by atoms with E-state index in [1.54, 1.807) is 30.3 Å². The Morgan fingerprint density at radius 2 is 2.11 bits per heavy atom. The highest BCUT2D eigenvalue weighted by Crippen LogP contribution is 2.26. The predicted molar refractivity (Wildman–Crippen MR) is 72.0 cm³/mol. The van der Waals surface area contributed by atoms with Crippen LogP contribution in [0.1, 0.15) is 28.6 Å². The number of Topliss-reactive ketones (excluding diaryl/α,β-unsaturated/α-hetero) is 1. The van der Waals surface area contributed by atoms with Gasteiger partial charge in [0.15, 0.2) is 5.78 Å². The molecule has 3 nitrogen and oxygen atoms in total. The number of para-hydroxylation sites is 1. The molecule has 0 spiro atoms. The van der Waals surface area contributed by atoms with Crippen molar-refractivity contribution in [3.63, 3.8) is 0 Å². The molecule has 0 N–H and O–H groups in total. The van der Waals surface area contributed by atoms with E-state index in [2.05, 4.69) is 0 Å². The molecule has 1 aromatic heterocycles. The van der Waals surface area contributed by atoms with Crippen LogP contribution >= 0.6 is 0 Å². The Morgan fingerprint density at radius 3 is 2.68 bits per heavy atom. The Hall–Kier alpha value is -2.10. The molecule has 0 atom stereocenters. The molecule has 4 heteroatoms. The molecule has 0 radical (unpaired) electrons. The van der Waals surface area contributed by atoms with Crippen LogP contribution in [0, 0.1) is 12.7 Å². The Labute approximate surface area is 111 Å². The Bertz CT molecular complexity index is 604. The van der Waals surface area contributed by atoms with Crippen molar-refractivity contribution in [1.82, 2.24) is 0 Å². The number of rotatable bonds is 4. The van der Waals surface area contributed by atoms with Crippen molar-refractivity contribution in [2.75, 3.05) is 11.9 Å². The number of benzene rings is 1. The van der Waals surface area contributed by atoms with Crippen LogP contribution < -0.4 is 4.90 Å². The SMILES string of the molecule is CC(=O)c1cccc(F)c1N(C)Cc1ccoc1C. The number of nitrogens with zero attached hydrogens (tertiary/aromatic N) is 1. The number of ketones is 1. The van der Waals surface area contributed by atoms with Gasteiger partial charge in [0.05, 0.1) is 12.0 Å². The number of furan rings is 1. The quantitative estimate of drug-likeness (QED) is 0.789. The zero-order valence-corrected chi connectivity index (χ0v) is 11.2. The summed E-state index contributed by atoms with van der Waals surface area (Å²) in [5.74, 6) is 0.258. The molecule has 0 aliphatic heterocycles. The van der Waals surface area contributed by atoms with Gasteiger partial charge in [0.25, 0.3) is 0 Å². The summed E-state index contributed by atoms with van der Waals surface area (Å²) in [5, 5.41) is 0. The summed E-state index contributed by atoms with van der Waals surface area (Å²) >= 11 is 0. The first kappa shape index (κ1) is 13.3. The van der Waals surface area contributed by atoms with E-state index < -0.39 is 5.82 Å². The number of hydrogen-bond donors (Lipinski definition) is 0. The van der Waals surface area contributed by atoms with Crippen LogP contribution in [-0.4, -0.2) is 12.8 Å². The summed E-state index contributed by atoms with van der Waals surface area (Å²) in [4.78, 5) is 13.3. The average Bonchev–Trinajstić information content (AvgIpc) is 2.74. The summed E-state index contributed by atoms with van der Waals surface area (Å²) in [5.41, 5.74) is 1.69. The molecule has 0 unspecified atom stereocenters. The molecule has 0 bridgehead atoms. The summed E-state index contributed by atoms with van der Waals surface area (Å²) < 4.78 is 19.2. The number of hydrogen-bond acceptors (Lipinski definition) is 3. The molecule has 0 fully saturated rings. The normalized spacial score (nSPS) is 10.5. The number of carbonyl (C=O) groups excluding carboxylic acids is 1. The third kappa shape index (κ3) is 2.67. The van der Waals surface area contributed by atoms with Crippen molar-refractivity contribution < 1.29 is 13.6 Å². The van der Waals surface area contributed by atoms with Crippen LogP contribution in [0.25, 0.3) is 0 Å². The van der Waals surface area contributed by atoms with E-state index in [0.29, 0.717) is 17.8 Å². The maximum Gasteiger partial charge on any atom is 0.161 e. The second kappa shape index (κ2) is 5.26.